The average Bonchev–Trinajstić information content (AvgIpc) is 3.31. The number of aryl methyl sites for hydroxylation is 1. The van der Waals surface area contributed by atoms with Crippen molar-refractivity contribution < 1.29 is 13.2 Å². The van der Waals surface area contributed by atoms with E-state index in [4.69, 9.17) is 4.74 Å². The molecule has 1 unspecified atom stereocenters. The van der Waals surface area contributed by atoms with Gasteiger partial charge in [-0.3, -0.25) is 0 Å². The molecule has 1 aliphatic rings. The van der Waals surface area contributed by atoms with Crippen LogP contribution in [0, 0.1) is 6.92 Å². The highest BCUT2D eigenvalue weighted by molar-refractivity contribution is 7.89. The summed E-state index contributed by atoms with van der Waals surface area (Å²) in [5.74, 6) is 1.42. The first-order valence-corrected chi connectivity index (χ1v) is 11.9. The van der Waals surface area contributed by atoms with Gasteiger partial charge in [-0.2, -0.15) is 4.31 Å². The Bertz CT molecular complexity index is 1130. The normalized spacial score (nSPS) is 17.9. The van der Waals surface area contributed by atoms with Crippen molar-refractivity contribution in [3.63, 3.8) is 0 Å². The number of fused-ring (bicyclic) bond motifs is 1. The van der Waals surface area contributed by atoms with Gasteiger partial charge in [0.15, 0.2) is 0 Å². The fourth-order valence-corrected chi connectivity index (χ4v) is 5.64. The van der Waals surface area contributed by atoms with Crippen LogP contribution >= 0.6 is 11.3 Å². The van der Waals surface area contributed by atoms with Gasteiger partial charge in [0, 0.05) is 6.54 Å². The molecule has 9 heteroatoms. The molecule has 1 N–H and O–H groups in total. The molecular formula is C20H24N4O3S2. The molecule has 7 nitrogen and oxygen atoms in total. The van der Waals surface area contributed by atoms with Gasteiger partial charge in [-0.25, -0.2) is 18.4 Å². The van der Waals surface area contributed by atoms with E-state index in [1.807, 2.05) is 31.2 Å². The highest BCUT2D eigenvalue weighted by Gasteiger charge is 2.34. The van der Waals surface area contributed by atoms with Crippen molar-refractivity contribution in [2.45, 2.75) is 38.5 Å². The van der Waals surface area contributed by atoms with Crippen LogP contribution in [-0.2, 0) is 10.0 Å². The molecule has 1 atom stereocenters. The van der Waals surface area contributed by atoms with Gasteiger partial charge in [-0.15, -0.1) is 11.3 Å². The first kappa shape index (κ1) is 20.1. The first-order chi connectivity index (χ1) is 13.9. The summed E-state index contributed by atoms with van der Waals surface area (Å²) in [7, 11) is -3.26. The van der Waals surface area contributed by atoms with E-state index in [0.29, 0.717) is 25.3 Å². The van der Waals surface area contributed by atoms with Crippen molar-refractivity contribution in [3.8, 4) is 5.75 Å². The third-order valence-electron chi connectivity index (χ3n) is 5.05. The Hall–Kier alpha value is -2.23. The minimum absolute atomic E-state index is 0.181. The van der Waals surface area contributed by atoms with Gasteiger partial charge in [-0.05, 0) is 50.3 Å². The summed E-state index contributed by atoms with van der Waals surface area (Å²) in [6.45, 7) is 6.31. The Balaban J connectivity index is 1.55. The minimum Gasteiger partial charge on any atom is -0.487 e. The summed E-state index contributed by atoms with van der Waals surface area (Å²) in [5.41, 5.74) is 1.92. The third kappa shape index (κ3) is 3.94. The molecular weight excluding hydrogens is 408 g/mol. The second-order valence-electron chi connectivity index (χ2n) is 7.42. The van der Waals surface area contributed by atoms with Gasteiger partial charge < -0.3 is 10.1 Å². The molecule has 154 valence electrons. The predicted octanol–water partition coefficient (Wildman–Crippen LogP) is 3.93. The number of rotatable bonds is 6. The topological polar surface area (TPSA) is 84.4 Å². The fraction of sp³-hybridized carbons (Fsp3) is 0.400. The zero-order chi connectivity index (χ0) is 20.6. The van der Waals surface area contributed by atoms with Crippen molar-refractivity contribution in [1.82, 2.24) is 14.3 Å². The van der Waals surface area contributed by atoms with Gasteiger partial charge in [-0.1, -0.05) is 12.1 Å². The molecule has 1 fully saturated rings. The lowest BCUT2D eigenvalue weighted by atomic mass is 10.2. The molecule has 2 aromatic heterocycles. The number of sulfonamides is 1. The Morgan fingerprint density at radius 1 is 1.28 bits per heavy atom. The largest absolute Gasteiger partial charge is 0.487 e. The summed E-state index contributed by atoms with van der Waals surface area (Å²) >= 11 is 1.59. The van der Waals surface area contributed by atoms with E-state index in [1.165, 1.54) is 4.31 Å². The van der Waals surface area contributed by atoms with Crippen molar-refractivity contribution in [2.75, 3.05) is 18.4 Å². The molecule has 0 spiro atoms. The number of nitrogens with zero attached hydrogens (tertiary/aromatic N) is 3. The molecule has 4 rings (SSSR count). The highest BCUT2D eigenvalue weighted by atomic mass is 32.2. The molecule has 1 saturated heterocycles. The lowest BCUT2D eigenvalue weighted by Crippen LogP contribution is -2.35. The molecule has 0 radical (unpaired) electrons. The van der Waals surface area contributed by atoms with E-state index in [-0.39, 0.29) is 6.10 Å². The molecule has 1 aromatic carbocycles. The first-order valence-electron chi connectivity index (χ1n) is 9.56. The lowest BCUT2D eigenvalue weighted by molar-refractivity contribution is 0.216. The molecule has 3 aromatic rings. The van der Waals surface area contributed by atoms with E-state index >= 15 is 0 Å². The van der Waals surface area contributed by atoms with E-state index in [2.05, 4.69) is 20.7 Å². The number of hydrogen-bond donors (Lipinski definition) is 1. The van der Waals surface area contributed by atoms with E-state index < -0.39 is 15.3 Å². The van der Waals surface area contributed by atoms with Crippen molar-refractivity contribution >= 4 is 43.1 Å². The Kier molecular flexibility index (Phi) is 5.46. The zero-order valence-corrected chi connectivity index (χ0v) is 18.3. The molecule has 1 aliphatic heterocycles. The number of para-hydroxylation sites is 2. The maximum atomic E-state index is 12.4. The Morgan fingerprint density at radius 2 is 2.07 bits per heavy atom. The minimum atomic E-state index is -3.26. The number of benzene rings is 1. The van der Waals surface area contributed by atoms with Crippen LogP contribution in [-0.4, -0.2) is 47.1 Å². The number of ether oxygens (including phenoxy) is 1. The summed E-state index contributed by atoms with van der Waals surface area (Å²) < 4.78 is 32.6. The predicted molar refractivity (Wildman–Crippen MR) is 117 cm³/mol. The van der Waals surface area contributed by atoms with E-state index in [9.17, 15) is 8.42 Å². The van der Waals surface area contributed by atoms with Crippen LogP contribution in [0.5, 0.6) is 5.75 Å². The Morgan fingerprint density at radius 3 is 2.86 bits per heavy atom. The van der Waals surface area contributed by atoms with Gasteiger partial charge in [0.2, 0.25) is 10.0 Å². The van der Waals surface area contributed by atoms with Gasteiger partial charge in [0.25, 0.3) is 0 Å². The number of hydrogen-bond acceptors (Lipinski definition) is 7. The molecule has 3 heterocycles. The van der Waals surface area contributed by atoms with Crippen LogP contribution in [0.15, 0.2) is 36.0 Å². The summed E-state index contributed by atoms with van der Waals surface area (Å²) in [5, 5.41) is 6.02. The van der Waals surface area contributed by atoms with Gasteiger partial charge in [0.05, 0.1) is 22.9 Å². The van der Waals surface area contributed by atoms with Crippen molar-refractivity contribution in [2.24, 2.45) is 0 Å². The van der Waals surface area contributed by atoms with Crippen LogP contribution in [0.3, 0.4) is 0 Å². The van der Waals surface area contributed by atoms with Crippen molar-refractivity contribution in [3.05, 3.63) is 41.5 Å². The average molecular weight is 433 g/mol. The maximum Gasteiger partial charge on any atom is 0.216 e. The molecule has 0 bridgehead atoms. The van der Waals surface area contributed by atoms with Crippen LogP contribution in [0.2, 0.25) is 0 Å². The third-order valence-corrected chi connectivity index (χ3v) is 8.30. The molecule has 29 heavy (non-hydrogen) atoms. The van der Waals surface area contributed by atoms with Crippen LogP contribution < -0.4 is 10.1 Å². The molecule has 0 aliphatic carbocycles. The monoisotopic (exact) mass is 432 g/mol. The van der Waals surface area contributed by atoms with Crippen molar-refractivity contribution in [1.29, 1.82) is 0 Å². The number of thiophene rings is 1. The summed E-state index contributed by atoms with van der Waals surface area (Å²) in [6, 6.07) is 7.66. The SMILES string of the molecule is Cc1csc2ncnc(Nc3ccccc3OC3CCN(S(=O)(=O)C(C)C)C3)c12. The van der Waals surface area contributed by atoms with Crippen LogP contribution in [0.4, 0.5) is 11.5 Å². The lowest BCUT2D eigenvalue weighted by Gasteiger charge is -2.20. The second-order valence-corrected chi connectivity index (χ2v) is 10.8. The smallest absolute Gasteiger partial charge is 0.216 e. The Labute approximate surface area is 174 Å². The molecule has 0 saturated carbocycles. The molecule has 0 amide bonds. The second kappa shape index (κ2) is 7.89. The van der Waals surface area contributed by atoms with E-state index in [0.717, 1.165) is 27.3 Å². The van der Waals surface area contributed by atoms with Crippen LogP contribution in [0.25, 0.3) is 10.2 Å². The summed E-state index contributed by atoms with van der Waals surface area (Å²) in [6.07, 6.45) is 2.04. The van der Waals surface area contributed by atoms with E-state index in [1.54, 1.807) is 31.5 Å². The number of anilines is 2. The number of nitrogens with one attached hydrogen (secondary N) is 1. The van der Waals surface area contributed by atoms with Gasteiger partial charge >= 0.3 is 0 Å². The fourth-order valence-electron chi connectivity index (χ4n) is 3.42. The zero-order valence-electron chi connectivity index (χ0n) is 16.6. The quantitative estimate of drug-likeness (QED) is 0.635. The van der Waals surface area contributed by atoms with Gasteiger partial charge in [0.1, 0.15) is 28.8 Å². The van der Waals surface area contributed by atoms with Crippen LogP contribution in [0.1, 0.15) is 25.8 Å². The highest BCUT2D eigenvalue weighted by Crippen LogP contribution is 2.34. The summed E-state index contributed by atoms with van der Waals surface area (Å²) in [4.78, 5) is 9.68. The number of aromatic nitrogens is 2. The standard InChI is InChI=1S/C20H24N4O3S2/c1-13(2)29(25,26)24-9-8-15(10-24)27-17-7-5-4-6-16(17)23-19-18-14(3)11-28-20(18)22-12-21-19/h4-7,11-13,15H,8-10H2,1-3H3,(H,21,22,23). The maximum absolute atomic E-state index is 12.4.